The van der Waals surface area contributed by atoms with E-state index in [0.717, 1.165) is 0 Å². The van der Waals surface area contributed by atoms with E-state index in [1.54, 1.807) is 5.20 Å². The molecule has 0 fully saturated rings. The normalized spacial score (nSPS) is 15.4. The lowest BCUT2D eigenvalue weighted by Crippen LogP contribution is -2.23. The predicted molar refractivity (Wildman–Crippen MR) is 183 cm³/mol. The van der Waals surface area contributed by atoms with E-state index >= 15 is 0 Å². The quantitative estimate of drug-likeness (QED) is 0.302. The summed E-state index contributed by atoms with van der Waals surface area (Å²) < 4.78 is 0. The summed E-state index contributed by atoms with van der Waals surface area (Å²) in [5.41, 5.74) is 14.7. The molecule has 0 N–H and O–H groups in total. The molecule has 0 aromatic heterocycles. The molecule has 40 heavy (non-hydrogen) atoms. The summed E-state index contributed by atoms with van der Waals surface area (Å²) in [4.78, 5) is 8.85. The number of allylic oxidation sites excluding steroid dienone is 4. The van der Waals surface area contributed by atoms with Gasteiger partial charge in [0.25, 0.3) is 0 Å². The summed E-state index contributed by atoms with van der Waals surface area (Å²) >= 11 is 0. The molecule has 1 unspecified atom stereocenters. The second-order valence-electron chi connectivity index (χ2n) is 12.3. The van der Waals surface area contributed by atoms with Crippen molar-refractivity contribution in [3.05, 3.63) is 76.5 Å². The molecule has 0 aliphatic heterocycles. The molecule has 0 saturated carbocycles. The topological polar surface area (TPSA) is 13.0 Å². The molecule has 1 aliphatic carbocycles. The van der Waals surface area contributed by atoms with Crippen LogP contribution in [-0.4, -0.2) is 65.9 Å². The van der Waals surface area contributed by atoms with E-state index in [1.807, 2.05) is 0 Å². The van der Waals surface area contributed by atoms with Crippen molar-refractivity contribution in [2.45, 2.75) is 27.7 Å². The van der Waals surface area contributed by atoms with Crippen molar-refractivity contribution in [2.24, 2.45) is 5.92 Å². The third-order valence-electron chi connectivity index (χ3n) is 8.81. The van der Waals surface area contributed by atoms with E-state index < -0.39 is 9.52 Å². The first-order chi connectivity index (χ1) is 18.8. The molecule has 0 heterocycles. The van der Waals surface area contributed by atoms with Crippen LogP contribution in [0.3, 0.4) is 0 Å². The Morgan fingerprint density at radius 3 is 1.43 bits per heavy atom. The van der Waals surface area contributed by atoms with E-state index in [1.165, 1.54) is 66.9 Å². The monoisotopic (exact) mass is 552 g/mol. The van der Waals surface area contributed by atoms with Crippen LogP contribution in [0.2, 0.25) is 0 Å². The van der Waals surface area contributed by atoms with Gasteiger partial charge in [0.05, 0.1) is 9.52 Å². The summed E-state index contributed by atoms with van der Waals surface area (Å²) in [6, 6.07) is 21.0. The molecule has 0 radical (unpaired) electrons. The van der Waals surface area contributed by atoms with Crippen molar-refractivity contribution < 1.29 is 0 Å². The van der Waals surface area contributed by atoms with Crippen LogP contribution < -0.4 is 24.8 Å². The Balaban J connectivity index is 2.04. The Labute approximate surface area is 245 Å². The fourth-order valence-corrected chi connectivity index (χ4v) is 8.17. The Hall–Kier alpha value is -3.44. The second kappa shape index (κ2) is 11.6. The van der Waals surface area contributed by atoms with Crippen molar-refractivity contribution in [3.8, 4) is 22.3 Å². The smallest absolute Gasteiger partial charge is 0.0843 e. The predicted octanol–water partition coefficient (Wildman–Crippen LogP) is 6.34. The minimum atomic E-state index is -0.717. The third kappa shape index (κ3) is 5.71. The van der Waals surface area contributed by atoms with Gasteiger partial charge >= 0.3 is 0 Å². The number of rotatable bonds is 8. The van der Waals surface area contributed by atoms with Gasteiger partial charge in [-0.1, -0.05) is 46.7 Å². The molecule has 3 aromatic rings. The number of hydrogen-bond acceptors (Lipinski definition) is 4. The molecule has 0 spiro atoms. The first-order valence-corrected chi connectivity index (χ1v) is 15.7. The maximum Gasteiger partial charge on any atom is 0.0843 e. The fourth-order valence-electron chi connectivity index (χ4n) is 5.79. The molecule has 1 aliphatic rings. The maximum absolute atomic E-state index is 2.40. The fraction of sp³-hybridized carbons (Fsp3) is 0.371. The van der Waals surface area contributed by atoms with Gasteiger partial charge in [-0.3, -0.25) is 0 Å². The highest BCUT2D eigenvalue weighted by Gasteiger charge is 2.26. The number of anilines is 4. The summed E-state index contributed by atoms with van der Waals surface area (Å²) in [5, 5.41) is 3.20. The lowest BCUT2D eigenvalue weighted by Gasteiger charge is -2.24. The lowest BCUT2D eigenvalue weighted by atomic mass is 9.93. The average Bonchev–Trinajstić information content (AvgIpc) is 3.10. The zero-order chi connectivity index (χ0) is 29.5. The maximum atomic E-state index is 2.40. The van der Waals surface area contributed by atoms with Gasteiger partial charge in [-0.2, -0.15) is 0 Å². The van der Waals surface area contributed by atoms with Crippen LogP contribution >= 0.6 is 0 Å². The molecule has 3 aromatic carbocycles. The van der Waals surface area contributed by atoms with Gasteiger partial charge in [-0.25, -0.2) is 0 Å². The zero-order valence-corrected chi connectivity index (χ0v) is 28.2. The lowest BCUT2D eigenvalue weighted by molar-refractivity contribution is 0.856. The van der Waals surface area contributed by atoms with Gasteiger partial charge in [0, 0.05) is 79.1 Å². The van der Waals surface area contributed by atoms with Crippen LogP contribution in [0.4, 0.5) is 22.7 Å². The Bertz CT molecular complexity index is 1420. The Morgan fingerprint density at radius 1 is 0.575 bits per heavy atom. The molecule has 5 heteroatoms. The minimum absolute atomic E-state index is 0.533. The zero-order valence-electron chi connectivity index (χ0n) is 26.8. The van der Waals surface area contributed by atoms with Gasteiger partial charge in [0.15, 0.2) is 0 Å². The summed E-state index contributed by atoms with van der Waals surface area (Å²) in [5.74, 6) is 0.533. The van der Waals surface area contributed by atoms with Crippen LogP contribution in [0.25, 0.3) is 22.3 Å². The third-order valence-corrected chi connectivity index (χ3v) is 11.3. The largest absolute Gasteiger partial charge is 0.378 e. The van der Waals surface area contributed by atoms with Crippen LogP contribution in [-0.2, 0) is 0 Å². The van der Waals surface area contributed by atoms with E-state index in [9.17, 15) is 0 Å². The average molecular weight is 553 g/mol. The Morgan fingerprint density at radius 2 is 1.02 bits per heavy atom. The molecular weight excluding hydrogens is 504 g/mol. The Kier molecular flexibility index (Phi) is 8.55. The van der Waals surface area contributed by atoms with Gasteiger partial charge in [0.1, 0.15) is 0 Å². The summed E-state index contributed by atoms with van der Waals surface area (Å²) in [6.45, 7) is 9.37. The highest BCUT2D eigenvalue weighted by molar-refractivity contribution is 6.63. The molecule has 0 saturated heterocycles. The van der Waals surface area contributed by atoms with Crippen LogP contribution in [0, 0.1) is 5.92 Å². The molecule has 212 valence electrons. The van der Waals surface area contributed by atoms with Crippen LogP contribution in [0.1, 0.15) is 27.7 Å². The van der Waals surface area contributed by atoms with E-state index in [-0.39, 0.29) is 0 Å². The van der Waals surface area contributed by atoms with Crippen molar-refractivity contribution >= 4 is 37.5 Å². The van der Waals surface area contributed by atoms with Crippen LogP contribution in [0.5, 0.6) is 0 Å². The first kappa shape index (κ1) is 29.5. The van der Waals surface area contributed by atoms with Crippen molar-refractivity contribution in [2.75, 3.05) is 76.0 Å². The van der Waals surface area contributed by atoms with E-state index in [4.69, 9.17) is 0 Å². The minimum Gasteiger partial charge on any atom is -0.378 e. The van der Waals surface area contributed by atoms with E-state index in [2.05, 4.69) is 158 Å². The van der Waals surface area contributed by atoms with Crippen molar-refractivity contribution in [1.29, 1.82) is 0 Å². The molecule has 1 atom stereocenters. The standard InChI is InChI=1S/C35H48N4Si/c1-22-23(2)25(4)35(24(22)3)40-33-15-13-14-32(26-16-28(36(5)6)20-29(17-26)37(7)8)34(33)27-18-30(38(9)10)21-31(19-27)39(11)12/h13-21,24H,40H2,1-12H3. The summed E-state index contributed by atoms with van der Waals surface area (Å²) in [7, 11) is 16.3. The SMILES string of the molecule is CC1=C(C)C(C)C([SiH2]c2cccc(-c3cc(N(C)C)cc(N(C)C)c3)c2-c2cc(N(C)C)cc(N(C)C)c2)=C1C. The van der Waals surface area contributed by atoms with Crippen LogP contribution in [0.15, 0.2) is 76.5 Å². The number of hydrogen-bond donors (Lipinski definition) is 0. The van der Waals surface area contributed by atoms with Gasteiger partial charge in [0.2, 0.25) is 0 Å². The second-order valence-corrected chi connectivity index (χ2v) is 14.1. The molecule has 4 nitrogen and oxygen atoms in total. The molecule has 4 rings (SSSR count). The summed E-state index contributed by atoms with van der Waals surface area (Å²) in [6.07, 6.45) is 0. The van der Waals surface area contributed by atoms with E-state index in [0.29, 0.717) is 5.92 Å². The number of nitrogens with zero attached hydrogens (tertiary/aromatic N) is 4. The van der Waals surface area contributed by atoms with Crippen molar-refractivity contribution in [1.82, 2.24) is 0 Å². The van der Waals surface area contributed by atoms with Gasteiger partial charge in [-0.15, -0.1) is 0 Å². The highest BCUT2D eigenvalue weighted by atomic mass is 28.2. The van der Waals surface area contributed by atoms with Gasteiger partial charge < -0.3 is 19.6 Å². The molecular formula is C35H48N4Si. The molecule has 0 amide bonds. The van der Waals surface area contributed by atoms with Crippen molar-refractivity contribution in [3.63, 3.8) is 0 Å². The number of benzene rings is 3. The first-order valence-electron chi connectivity index (χ1n) is 14.3. The highest BCUT2D eigenvalue weighted by Crippen LogP contribution is 2.40. The molecule has 0 bridgehead atoms. The van der Waals surface area contributed by atoms with Gasteiger partial charge in [-0.05, 0) is 90.9 Å².